The molecular weight excluding hydrogens is 410 g/mol. The Morgan fingerprint density at radius 1 is 1.18 bits per heavy atom. The predicted octanol–water partition coefficient (Wildman–Crippen LogP) is 4.21. The topological polar surface area (TPSA) is 36.3 Å². The summed E-state index contributed by atoms with van der Waals surface area (Å²) < 4.78 is 14.4. The van der Waals surface area contributed by atoms with Crippen molar-refractivity contribution in [2.75, 3.05) is 0 Å². The van der Waals surface area contributed by atoms with E-state index in [0.29, 0.717) is 0 Å². The molecule has 4 nitrogen and oxygen atoms in total. The summed E-state index contributed by atoms with van der Waals surface area (Å²) in [6.07, 6.45) is 5.75. The van der Waals surface area contributed by atoms with Crippen LogP contribution in [0.1, 0.15) is 41.5 Å². The molecule has 0 N–H and O–H groups in total. The van der Waals surface area contributed by atoms with Crippen molar-refractivity contribution in [1.29, 1.82) is 0 Å². The number of hydrogen-bond acceptors (Lipinski definition) is 4. The molecular formula is C15H22BIN2O2S. The fourth-order valence-corrected chi connectivity index (χ4v) is 3.64. The number of fused-ring (bicyclic) bond motifs is 1. The first-order valence-electron chi connectivity index (χ1n) is 7.45. The molecule has 0 saturated carbocycles. The van der Waals surface area contributed by atoms with E-state index in [-0.39, 0.29) is 18.3 Å². The first kappa shape index (κ1) is 18.1. The lowest BCUT2D eigenvalue weighted by Gasteiger charge is -2.32. The highest BCUT2D eigenvalue weighted by atomic mass is 127. The minimum absolute atomic E-state index is 0.323. The third-order valence-electron chi connectivity index (χ3n) is 4.19. The molecule has 2 aromatic rings. The van der Waals surface area contributed by atoms with Crippen LogP contribution in [0.25, 0.3) is 10.9 Å². The molecule has 0 unspecified atom stereocenters. The van der Waals surface area contributed by atoms with E-state index >= 15 is 0 Å². The van der Waals surface area contributed by atoms with Gasteiger partial charge in [-0.25, -0.2) is 0 Å². The summed E-state index contributed by atoms with van der Waals surface area (Å²) in [6.45, 7) is 12.3. The van der Waals surface area contributed by atoms with Gasteiger partial charge >= 0.3 is 7.12 Å². The van der Waals surface area contributed by atoms with Crippen LogP contribution >= 0.6 is 30.3 Å². The lowest BCUT2D eigenvalue weighted by molar-refractivity contribution is 0.00578. The van der Waals surface area contributed by atoms with Crippen LogP contribution in [0.3, 0.4) is 0 Å². The van der Waals surface area contributed by atoms with Crippen LogP contribution in [-0.2, 0) is 9.31 Å². The molecule has 3 heterocycles. The summed E-state index contributed by atoms with van der Waals surface area (Å²) in [6, 6.07) is 2.01. The van der Waals surface area contributed by atoms with Crippen LogP contribution in [0.2, 0.25) is 0 Å². The van der Waals surface area contributed by atoms with Gasteiger partial charge in [-0.05, 0) is 33.8 Å². The first-order chi connectivity index (χ1) is 10.4. The Morgan fingerprint density at radius 2 is 1.77 bits per heavy atom. The molecule has 1 saturated heterocycles. The third kappa shape index (κ3) is 3.05. The lowest BCUT2D eigenvalue weighted by atomic mass is 9.79. The van der Waals surface area contributed by atoms with Crippen molar-refractivity contribution in [3.63, 3.8) is 0 Å². The molecule has 0 amide bonds. The van der Waals surface area contributed by atoms with Gasteiger partial charge in [0.25, 0.3) is 0 Å². The van der Waals surface area contributed by atoms with E-state index in [1.165, 1.54) is 0 Å². The molecule has 120 valence electrons. The van der Waals surface area contributed by atoms with Crippen molar-refractivity contribution in [2.45, 2.75) is 52.7 Å². The van der Waals surface area contributed by atoms with Crippen molar-refractivity contribution in [3.05, 3.63) is 24.7 Å². The number of hydrogen-bond donors (Lipinski definition) is 0. The summed E-state index contributed by atoms with van der Waals surface area (Å²) in [7, 11) is 1.28. The van der Waals surface area contributed by atoms with Gasteiger partial charge in [0.1, 0.15) is 0 Å². The highest BCUT2D eigenvalue weighted by molar-refractivity contribution is 14.2. The molecule has 0 bridgehead atoms. The molecule has 0 atom stereocenters. The molecule has 22 heavy (non-hydrogen) atoms. The molecule has 2 aromatic heterocycles. The van der Waals surface area contributed by atoms with Crippen LogP contribution in [-0.4, -0.2) is 27.3 Å². The van der Waals surface area contributed by atoms with Crippen molar-refractivity contribution >= 4 is 53.8 Å². The second-order valence-corrected chi connectivity index (χ2v) is 7.67. The van der Waals surface area contributed by atoms with Gasteiger partial charge < -0.3 is 9.31 Å². The predicted molar refractivity (Wildman–Crippen MR) is 104 cm³/mol. The molecule has 7 heteroatoms. The quantitative estimate of drug-likeness (QED) is 0.527. The monoisotopic (exact) mass is 432 g/mol. The van der Waals surface area contributed by atoms with Gasteiger partial charge in [0, 0.05) is 53.6 Å². The van der Waals surface area contributed by atoms with Gasteiger partial charge in [0.05, 0.1) is 22.9 Å². The molecule has 0 aliphatic carbocycles. The summed E-state index contributed by atoms with van der Waals surface area (Å²) in [4.78, 5) is 4.20. The minimum atomic E-state index is -0.338. The van der Waals surface area contributed by atoms with Crippen LogP contribution in [0.5, 0.6) is 0 Å². The maximum absolute atomic E-state index is 6.15. The lowest BCUT2D eigenvalue weighted by Crippen LogP contribution is -2.41. The number of pyridine rings is 1. The number of halogens is 1. The van der Waals surface area contributed by atoms with E-state index in [4.69, 9.17) is 9.31 Å². The molecule has 1 aliphatic rings. The van der Waals surface area contributed by atoms with Gasteiger partial charge in [-0.15, -0.1) is 0 Å². The smallest absolute Gasteiger partial charge is 0.399 e. The summed E-state index contributed by atoms with van der Waals surface area (Å²) in [5.41, 5.74) is 1.49. The maximum Gasteiger partial charge on any atom is 0.497 e. The van der Waals surface area contributed by atoms with Crippen LogP contribution < -0.4 is 5.46 Å². The highest BCUT2D eigenvalue weighted by Crippen LogP contribution is 2.37. The Labute approximate surface area is 149 Å². The van der Waals surface area contributed by atoms with E-state index in [1.807, 2.05) is 26.1 Å². The fraction of sp³-hybridized carbons (Fsp3) is 0.533. The number of nitrogens with zero attached hydrogens (tertiary/aromatic N) is 2. The largest absolute Gasteiger partial charge is 0.497 e. The second-order valence-electron chi connectivity index (χ2n) is 5.96. The average Bonchev–Trinajstić information content (AvgIpc) is 2.96. The Bertz CT molecular complexity index is 644. The van der Waals surface area contributed by atoms with Crippen molar-refractivity contribution in [3.8, 4) is 0 Å². The zero-order valence-corrected chi connectivity index (χ0v) is 16.9. The molecule has 1 aliphatic heterocycles. The Morgan fingerprint density at radius 3 is 2.32 bits per heavy atom. The van der Waals surface area contributed by atoms with Crippen molar-refractivity contribution < 1.29 is 9.31 Å². The zero-order chi connectivity index (χ0) is 16.5. The average molecular weight is 432 g/mol. The molecule has 3 rings (SSSR count). The van der Waals surface area contributed by atoms with Gasteiger partial charge in [-0.2, -0.15) is 0 Å². The number of rotatable bonds is 2. The zero-order valence-electron chi connectivity index (χ0n) is 13.9. The van der Waals surface area contributed by atoms with E-state index < -0.39 is 0 Å². The fourth-order valence-electron chi connectivity index (χ4n) is 2.29. The number of aromatic nitrogens is 2. The van der Waals surface area contributed by atoms with Crippen LogP contribution in [0, 0.1) is 0 Å². The SMILES string of the molecule is CC.CC1(C)OB(c2cn(SI)c3cnccc23)OC1(C)C. The van der Waals surface area contributed by atoms with E-state index in [9.17, 15) is 0 Å². The van der Waals surface area contributed by atoms with Gasteiger partial charge in [-0.1, -0.05) is 13.8 Å². The molecule has 0 radical (unpaired) electrons. The van der Waals surface area contributed by atoms with Crippen molar-refractivity contribution in [1.82, 2.24) is 8.96 Å². The third-order valence-corrected chi connectivity index (χ3v) is 5.91. The van der Waals surface area contributed by atoms with Gasteiger partial charge in [0.15, 0.2) is 0 Å². The van der Waals surface area contributed by atoms with Gasteiger partial charge in [-0.3, -0.25) is 8.96 Å². The first-order valence-corrected chi connectivity index (χ1v) is 10.8. The van der Waals surface area contributed by atoms with Crippen LogP contribution in [0.4, 0.5) is 0 Å². The summed E-state index contributed by atoms with van der Waals surface area (Å²) >= 11 is 2.26. The Kier molecular flexibility index (Phi) is 5.52. The molecule has 1 fully saturated rings. The van der Waals surface area contributed by atoms with Gasteiger partial charge in [0.2, 0.25) is 0 Å². The maximum atomic E-state index is 6.15. The summed E-state index contributed by atoms with van der Waals surface area (Å²) in [5, 5.41) is 1.13. The standard InChI is InChI=1S/C13H16BIN2O2S.C2H6/c1-12(2)13(3,4)19-14(18-12)10-8-17(20-15)11-7-16-6-5-9(10)11;1-2/h5-8H,1-4H3;1-2H3. The van der Waals surface area contributed by atoms with Crippen molar-refractivity contribution in [2.24, 2.45) is 0 Å². The summed E-state index contributed by atoms with van der Waals surface area (Å²) in [5.74, 6) is 0. The Hall–Kier alpha value is -0.245. The Balaban J connectivity index is 0.000000847. The normalized spacial score (nSPS) is 19.1. The molecule has 0 aromatic carbocycles. The van der Waals surface area contributed by atoms with Crippen LogP contribution in [0.15, 0.2) is 24.7 Å². The second kappa shape index (κ2) is 6.71. The minimum Gasteiger partial charge on any atom is -0.399 e. The molecule has 0 spiro atoms. The van der Waals surface area contributed by atoms with E-state index in [0.717, 1.165) is 16.4 Å². The van der Waals surface area contributed by atoms with E-state index in [1.54, 1.807) is 15.3 Å². The highest BCUT2D eigenvalue weighted by Gasteiger charge is 2.52. The van der Waals surface area contributed by atoms with E-state index in [2.05, 4.69) is 64.1 Å².